The highest BCUT2D eigenvalue weighted by molar-refractivity contribution is 7.89. The van der Waals surface area contributed by atoms with Crippen molar-refractivity contribution in [2.24, 2.45) is 5.92 Å². The topological polar surface area (TPSA) is 104 Å². The van der Waals surface area contributed by atoms with Crippen molar-refractivity contribution in [3.63, 3.8) is 0 Å². The highest BCUT2D eigenvalue weighted by Crippen LogP contribution is 2.38. The number of halogens is 4. The summed E-state index contributed by atoms with van der Waals surface area (Å²) < 4.78 is 75.7. The van der Waals surface area contributed by atoms with Gasteiger partial charge in [0.2, 0.25) is 10.0 Å². The summed E-state index contributed by atoms with van der Waals surface area (Å²) in [6.45, 7) is -3.00. The average molecular weight is 658 g/mol. The quantitative estimate of drug-likeness (QED) is 0.229. The minimum Gasteiger partial charge on any atom is -0.489 e. The minimum absolute atomic E-state index is 0.0121. The van der Waals surface area contributed by atoms with E-state index in [9.17, 15) is 22.0 Å². The molecule has 1 saturated carbocycles. The molecule has 9 nitrogen and oxygen atoms in total. The number of ether oxygens (including phenoxy) is 4. The second-order valence-corrected chi connectivity index (χ2v) is 12.8. The Morgan fingerprint density at radius 3 is 2.47 bits per heavy atom. The van der Waals surface area contributed by atoms with E-state index in [0.29, 0.717) is 23.7 Å². The van der Waals surface area contributed by atoms with Crippen molar-refractivity contribution in [3.8, 4) is 11.5 Å². The van der Waals surface area contributed by atoms with Crippen LogP contribution in [0.15, 0.2) is 65.8 Å². The van der Waals surface area contributed by atoms with Gasteiger partial charge in [0.25, 0.3) is 0 Å². The highest BCUT2D eigenvalue weighted by atomic mass is 35.5. The second-order valence-electron chi connectivity index (χ2n) is 10.1. The molecule has 1 aromatic heterocycles. The van der Waals surface area contributed by atoms with Gasteiger partial charge in [0.15, 0.2) is 17.6 Å². The van der Waals surface area contributed by atoms with Crippen molar-refractivity contribution in [2.75, 3.05) is 26.3 Å². The van der Waals surface area contributed by atoms with Crippen LogP contribution in [0, 0.1) is 5.92 Å². The van der Waals surface area contributed by atoms with Gasteiger partial charge in [-0.25, -0.2) is 13.2 Å². The van der Waals surface area contributed by atoms with Crippen molar-refractivity contribution in [1.29, 1.82) is 0 Å². The van der Waals surface area contributed by atoms with Crippen molar-refractivity contribution in [3.05, 3.63) is 82.1 Å². The average Bonchev–Trinajstić information content (AvgIpc) is 3.83. The highest BCUT2D eigenvalue weighted by Gasteiger charge is 2.36. The van der Waals surface area contributed by atoms with Crippen molar-refractivity contribution in [2.45, 2.75) is 43.0 Å². The monoisotopic (exact) mass is 656 g/mol. The smallest absolute Gasteiger partial charge is 0.387 e. The Bertz CT molecular complexity index is 1520. The zero-order valence-electron chi connectivity index (χ0n) is 22.7. The van der Waals surface area contributed by atoms with Crippen LogP contribution in [0.2, 0.25) is 10.0 Å². The van der Waals surface area contributed by atoms with E-state index in [-0.39, 0.29) is 52.6 Å². The van der Waals surface area contributed by atoms with Crippen molar-refractivity contribution >= 4 is 39.2 Å². The number of hydrogen-bond donors (Lipinski definition) is 0. The number of alkyl halides is 2. The number of pyridine rings is 1. The predicted octanol–water partition coefficient (Wildman–Crippen LogP) is 5.70. The summed E-state index contributed by atoms with van der Waals surface area (Å²) in [7, 11) is -3.89. The molecule has 2 aliphatic rings. The van der Waals surface area contributed by atoms with Gasteiger partial charge in [-0.15, -0.1) is 0 Å². The Labute approximate surface area is 257 Å². The zero-order chi connectivity index (χ0) is 30.6. The van der Waals surface area contributed by atoms with Crippen LogP contribution in [-0.2, 0) is 30.7 Å². The predicted molar refractivity (Wildman–Crippen MR) is 153 cm³/mol. The number of sulfonamides is 1. The lowest BCUT2D eigenvalue weighted by Crippen LogP contribution is -2.49. The Morgan fingerprint density at radius 1 is 1.07 bits per heavy atom. The zero-order valence-corrected chi connectivity index (χ0v) is 25.0. The lowest BCUT2D eigenvalue weighted by Gasteiger charge is -2.32. The number of carbonyl (C=O) groups is 1. The third-order valence-corrected chi connectivity index (χ3v) is 9.53. The van der Waals surface area contributed by atoms with Gasteiger partial charge in [-0.2, -0.15) is 13.1 Å². The molecule has 1 aliphatic heterocycles. The van der Waals surface area contributed by atoms with Gasteiger partial charge in [-0.05, 0) is 54.2 Å². The maximum atomic E-state index is 13.5. The van der Waals surface area contributed by atoms with Gasteiger partial charge in [-0.3, -0.25) is 4.98 Å². The first kappa shape index (κ1) is 31.4. The van der Waals surface area contributed by atoms with Crippen molar-refractivity contribution in [1.82, 2.24) is 9.29 Å². The van der Waals surface area contributed by atoms with E-state index >= 15 is 0 Å². The summed E-state index contributed by atoms with van der Waals surface area (Å²) in [6.07, 6.45) is 2.44. The van der Waals surface area contributed by atoms with Crippen LogP contribution in [0.5, 0.6) is 11.5 Å². The molecule has 2 aromatic carbocycles. The maximum Gasteiger partial charge on any atom is 0.387 e. The third-order valence-electron chi connectivity index (χ3n) is 7.00. The molecular weight excluding hydrogens is 629 g/mol. The summed E-state index contributed by atoms with van der Waals surface area (Å²) in [5.74, 6) is -0.606. The molecule has 230 valence electrons. The standard InChI is InChI=1S/C29H28Cl2F2N2O7S/c30-22-14-34-15-23(31)21(22)13-25(19-8-9-24(42-29(32)33)26(12-19)40-17-18-6-7-18)41-28(36)27-16-35(10-11-39-27)43(37,38)20-4-2-1-3-5-20/h1-5,8-9,12,14-15,18,25,27,29H,6-7,10-11,13,16-17H2/t25-,27-/m0/s1. The van der Waals surface area contributed by atoms with Crippen molar-refractivity contribution < 1.29 is 40.9 Å². The lowest BCUT2D eigenvalue weighted by molar-refractivity contribution is -0.166. The van der Waals surface area contributed by atoms with E-state index in [4.69, 9.17) is 37.4 Å². The normalized spacial score (nSPS) is 18.3. The number of morpholine rings is 1. The van der Waals surface area contributed by atoms with Crippen LogP contribution in [-0.4, -0.2) is 62.7 Å². The van der Waals surface area contributed by atoms with Gasteiger partial charge in [0, 0.05) is 25.4 Å². The molecule has 1 saturated heterocycles. The van der Waals surface area contributed by atoms with Gasteiger partial charge in [0.1, 0.15) is 6.10 Å². The molecule has 1 aliphatic carbocycles. The third kappa shape index (κ3) is 7.93. The molecular formula is C29H28Cl2F2N2O7S. The Morgan fingerprint density at radius 2 is 1.79 bits per heavy atom. The molecule has 2 fully saturated rings. The van der Waals surface area contributed by atoms with E-state index in [0.717, 1.165) is 12.8 Å². The van der Waals surface area contributed by atoms with Gasteiger partial charge in [-0.1, -0.05) is 47.5 Å². The molecule has 14 heteroatoms. The fourth-order valence-corrected chi connectivity index (χ4v) is 6.48. The molecule has 3 aromatic rings. The van der Waals surface area contributed by atoms with Crippen LogP contribution >= 0.6 is 23.2 Å². The Hall–Kier alpha value is -3.03. The molecule has 5 rings (SSSR count). The van der Waals surface area contributed by atoms with Crippen LogP contribution in [0.1, 0.15) is 30.1 Å². The first-order valence-electron chi connectivity index (χ1n) is 13.5. The SMILES string of the molecule is O=C(O[C@@H](Cc1c(Cl)cncc1Cl)c1ccc(OC(F)F)c(OCC2CC2)c1)[C@@H]1CN(S(=O)(=O)c2ccccc2)CCO1. The Kier molecular flexibility index (Phi) is 10.0. The molecule has 0 unspecified atom stereocenters. The van der Waals surface area contributed by atoms with Crippen LogP contribution in [0.3, 0.4) is 0 Å². The summed E-state index contributed by atoms with van der Waals surface area (Å²) in [5.41, 5.74) is 0.816. The second kappa shape index (κ2) is 13.7. The minimum atomic E-state index is -3.89. The number of esters is 1. The molecule has 0 amide bonds. The molecule has 0 N–H and O–H groups in total. The van der Waals surface area contributed by atoms with Gasteiger partial charge >= 0.3 is 12.6 Å². The number of carbonyl (C=O) groups excluding carboxylic acids is 1. The Balaban J connectivity index is 1.41. The number of rotatable bonds is 12. The summed E-state index contributed by atoms with van der Waals surface area (Å²) >= 11 is 12.7. The van der Waals surface area contributed by atoms with Gasteiger partial charge < -0.3 is 18.9 Å². The number of aromatic nitrogens is 1. The number of nitrogens with zero attached hydrogens (tertiary/aromatic N) is 2. The summed E-state index contributed by atoms with van der Waals surface area (Å²) in [4.78, 5) is 17.5. The van der Waals surface area contributed by atoms with E-state index in [2.05, 4.69) is 9.72 Å². The van der Waals surface area contributed by atoms with E-state index in [1.165, 1.54) is 47.0 Å². The molecule has 0 spiro atoms. The van der Waals surface area contributed by atoms with Crippen LogP contribution in [0.25, 0.3) is 0 Å². The van der Waals surface area contributed by atoms with E-state index in [1.807, 2.05) is 0 Å². The molecule has 0 bridgehead atoms. The molecule has 0 radical (unpaired) electrons. The van der Waals surface area contributed by atoms with E-state index < -0.39 is 34.8 Å². The van der Waals surface area contributed by atoms with Gasteiger partial charge in [0.05, 0.1) is 34.7 Å². The fourth-order valence-electron chi connectivity index (χ4n) is 4.51. The van der Waals surface area contributed by atoms with Crippen LogP contribution in [0.4, 0.5) is 8.78 Å². The first-order chi connectivity index (χ1) is 20.6. The van der Waals surface area contributed by atoms with E-state index in [1.54, 1.807) is 18.2 Å². The fraction of sp³-hybridized carbons (Fsp3) is 0.379. The van der Waals surface area contributed by atoms with Crippen LogP contribution < -0.4 is 9.47 Å². The number of hydrogen-bond acceptors (Lipinski definition) is 8. The number of benzene rings is 2. The summed E-state index contributed by atoms with van der Waals surface area (Å²) in [6, 6.07) is 12.1. The lowest BCUT2D eigenvalue weighted by atomic mass is 10.0. The molecule has 2 atom stereocenters. The molecule has 2 heterocycles. The molecule has 43 heavy (non-hydrogen) atoms. The summed E-state index contributed by atoms with van der Waals surface area (Å²) in [5, 5.41) is 0.455. The maximum absolute atomic E-state index is 13.5. The first-order valence-corrected chi connectivity index (χ1v) is 15.7. The largest absolute Gasteiger partial charge is 0.489 e.